The van der Waals surface area contributed by atoms with Crippen LogP contribution in [0.4, 0.5) is 0 Å². The van der Waals surface area contributed by atoms with E-state index in [2.05, 4.69) is 0 Å². The van der Waals surface area contributed by atoms with E-state index in [1.165, 1.54) is 12.7 Å². The van der Waals surface area contributed by atoms with Crippen molar-refractivity contribution in [3.63, 3.8) is 0 Å². The standard InChI is InChI=1S/C11H18O4S/c1-16(14,15)4-2-3-11(10(12)13)6-8-5-9(8)7-11/h8-9H,2-7H2,1H3,(H,12,13). The van der Waals surface area contributed by atoms with Gasteiger partial charge in [-0.15, -0.1) is 0 Å². The summed E-state index contributed by atoms with van der Waals surface area (Å²) in [5, 5.41) is 9.28. The molecule has 92 valence electrons. The molecule has 2 saturated carbocycles. The summed E-state index contributed by atoms with van der Waals surface area (Å²) >= 11 is 0. The number of hydrogen-bond acceptors (Lipinski definition) is 3. The van der Waals surface area contributed by atoms with E-state index in [4.69, 9.17) is 0 Å². The largest absolute Gasteiger partial charge is 0.481 e. The molecule has 4 nitrogen and oxygen atoms in total. The number of carbonyl (C=O) groups is 1. The molecule has 0 aromatic heterocycles. The van der Waals surface area contributed by atoms with E-state index in [1.54, 1.807) is 0 Å². The second-order valence-electron chi connectivity index (χ2n) is 5.48. The fourth-order valence-electron chi connectivity index (χ4n) is 3.06. The third kappa shape index (κ3) is 2.39. The molecule has 5 heteroatoms. The van der Waals surface area contributed by atoms with Crippen molar-refractivity contribution in [2.75, 3.05) is 12.0 Å². The first kappa shape index (κ1) is 11.9. The lowest BCUT2D eigenvalue weighted by Gasteiger charge is -2.25. The summed E-state index contributed by atoms with van der Waals surface area (Å²) in [6, 6.07) is 0. The lowest BCUT2D eigenvalue weighted by Crippen LogP contribution is -2.30. The highest BCUT2D eigenvalue weighted by molar-refractivity contribution is 7.90. The molecule has 0 aliphatic heterocycles. The van der Waals surface area contributed by atoms with Gasteiger partial charge in [-0.2, -0.15) is 0 Å². The van der Waals surface area contributed by atoms with Crippen molar-refractivity contribution >= 4 is 15.8 Å². The van der Waals surface area contributed by atoms with Gasteiger partial charge in [0.1, 0.15) is 9.84 Å². The van der Waals surface area contributed by atoms with Crippen LogP contribution < -0.4 is 0 Å². The van der Waals surface area contributed by atoms with E-state index in [9.17, 15) is 18.3 Å². The Kier molecular flexibility index (Phi) is 2.77. The molecule has 0 bridgehead atoms. The lowest BCUT2D eigenvalue weighted by molar-refractivity contribution is -0.149. The Morgan fingerprint density at radius 2 is 1.94 bits per heavy atom. The molecule has 0 aromatic rings. The van der Waals surface area contributed by atoms with Crippen LogP contribution in [-0.2, 0) is 14.6 Å². The summed E-state index contributed by atoms with van der Waals surface area (Å²) in [7, 11) is -2.96. The zero-order valence-electron chi connectivity index (χ0n) is 9.48. The predicted octanol–water partition coefficient (Wildman–Crippen LogP) is 1.31. The van der Waals surface area contributed by atoms with Crippen molar-refractivity contribution < 1.29 is 18.3 Å². The number of carboxylic acids is 1. The van der Waals surface area contributed by atoms with Crippen LogP contribution in [0.3, 0.4) is 0 Å². The van der Waals surface area contributed by atoms with Crippen molar-refractivity contribution in [3.05, 3.63) is 0 Å². The van der Waals surface area contributed by atoms with Crippen LogP contribution >= 0.6 is 0 Å². The summed E-state index contributed by atoms with van der Waals surface area (Å²) in [6.45, 7) is 0. The number of aliphatic carboxylic acids is 1. The Balaban J connectivity index is 1.92. The van der Waals surface area contributed by atoms with Crippen LogP contribution in [-0.4, -0.2) is 31.5 Å². The topological polar surface area (TPSA) is 71.4 Å². The molecule has 0 radical (unpaired) electrons. The van der Waals surface area contributed by atoms with Crippen LogP contribution in [0.2, 0.25) is 0 Å². The Hall–Kier alpha value is -0.580. The summed E-state index contributed by atoms with van der Waals surface area (Å²) in [4.78, 5) is 11.3. The summed E-state index contributed by atoms with van der Waals surface area (Å²) < 4.78 is 22.0. The first-order chi connectivity index (χ1) is 7.32. The molecular formula is C11H18O4S. The van der Waals surface area contributed by atoms with E-state index < -0.39 is 21.2 Å². The van der Waals surface area contributed by atoms with Gasteiger partial charge in [0, 0.05) is 12.0 Å². The molecule has 2 aliphatic rings. The number of fused-ring (bicyclic) bond motifs is 1. The first-order valence-electron chi connectivity index (χ1n) is 5.73. The number of carboxylic acid groups (broad SMARTS) is 1. The van der Waals surface area contributed by atoms with Gasteiger partial charge in [0.25, 0.3) is 0 Å². The van der Waals surface area contributed by atoms with E-state index in [0.29, 0.717) is 24.7 Å². The second-order valence-corrected chi connectivity index (χ2v) is 7.74. The fourth-order valence-corrected chi connectivity index (χ4v) is 3.72. The van der Waals surface area contributed by atoms with Gasteiger partial charge in [0.05, 0.1) is 5.41 Å². The van der Waals surface area contributed by atoms with Gasteiger partial charge < -0.3 is 5.11 Å². The average Bonchev–Trinajstić information content (AvgIpc) is 2.72. The number of sulfone groups is 1. The molecule has 0 spiro atoms. The minimum absolute atomic E-state index is 0.108. The van der Waals surface area contributed by atoms with Crippen LogP contribution in [0, 0.1) is 17.3 Å². The van der Waals surface area contributed by atoms with Gasteiger partial charge in [-0.1, -0.05) is 0 Å². The van der Waals surface area contributed by atoms with Crippen LogP contribution in [0.25, 0.3) is 0 Å². The van der Waals surface area contributed by atoms with E-state index in [0.717, 1.165) is 12.8 Å². The third-order valence-corrected chi connectivity index (χ3v) is 5.03. The second kappa shape index (κ2) is 3.72. The van der Waals surface area contributed by atoms with Gasteiger partial charge in [0.15, 0.2) is 0 Å². The van der Waals surface area contributed by atoms with Gasteiger partial charge in [-0.25, -0.2) is 8.42 Å². The molecule has 0 amide bonds. The van der Waals surface area contributed by atoms with Crippen molar-refractivity contribution in [2.45, 2.75) is 32.1 Å². The van der Waals surface area contributed by atoms with Gasteiger partial charge in [0.2, 0.25) is 0 Å². The average molecular weight is 246 g/mol. The van der Waals surface area contributed by atoms with Crippen LogP contribution in [0.5, 0.6) is 0 Å². The molecule has 16 heavy (non-hydrogen) atoms. The Labute approximate surface area is 96.0 Å². The quantitative estimate of drug-likeness (QED) is 0.794. The van der Waals surface area contributed by atoms with Crippen molar-refractivity contribution in [1.29, 1.82) is 0 Å². The maximum Gasteiger partial charge on any atom is 0.309 e. The first-order valence-corrected chi connectivity index (χ1v) is 7.80. The predicted molar refractivity (Wildman–Crippen MR) is 59.8 cm³/mol. The molecule has 0 heterocycles. The van der Waals surface area contributed by atoms with E-state index in [1.807, 2.05) is 0 Å². The third-order valence-electron chi connectivity index (χ3n) is 4.00. The van der Waals surface area contributed by atoms with Crippen LogP contribution in [0.15, 0.2) is 0 Å². The molecular weight excluding hydrogens is 228 g/mol. The molecule has 2 rings (SSSR count). The summed E-state index contributed by atoms with van der Waals surface area (Å²) in [5.41, 5.74) is -0.613. The highest BCUT2D eigenvalue weighted by atomic mass is 32.2. The monoisotopic (exact) mass is 246 g/mol. The molecule has 2 atom stereocenters. The fraction of sp³-hybridized carbons (Fsp3) is 0.909. The summed E-state index contributed by atoms with van der Waals surface area (Å²) in [5.74, 6) is 0.592. The number of hydrogen-bond donors (Lipinski definition) is 1. The maximum absolute atomic E-state index is 11.3. The highest BCUT2D eigenvalue weighted by Crippen LogP contribution is 2.61. The van der Waals surface area contributed by atoms with Crippen LogP contribution in [0.1, 0.15) is 32.1 Å². The zero-order valence-corrected chi connectivity index (χ0v) is 10.3. The van der Waals surface area contributed by atoms with E-state index in [-0.39, 0.29) is 5.75 Å². The van der Waals surface area contributed by atoms with Crippen molar-refractivity contribution in [2.24, 2.45) is 17.3 Å². The minimum Gasteiger partial charge on any atom is -0.481 e. The Morgan fingerprint density at radius 3 is 2.38 bits per heavy atom. The maximum atomic E-state index is 11.3. The lowest BCUT2D eigenvalue weighted by atomic mass is 9.79. The molecule has 1 N–H and O–H groups in total. The smallest absolute Gasteiger partial charge is 0.309 e. The van der Waals surface area contributed by atoms with Gasteiger partial charge in [-0.3, -0.25) is 4.79 Å². The molecule has 2 aliphatic carbocycles. The van der Waals surface area contributed by atoms with Gasteiger partial charge in [-0.05, 0) is 43.9 Å². The molecule has 2 unspecified atom stereocenters. The molecule has 0 saturated heterocycles. The Morgan fingerprint density at radius 1 is 1.38 bits per heavy atom. The van der Waals surface area contributed by atoms with Crippen molar-refractivity contribution in [3.8, 4) is 0 Å². The summed E-state index contributed by atoms with van der Waals surface area (Å²) in [6.07, 6.45) is 4.90. The SMILES string of the molecule is CS(=O)(=O)CCCC1(C(=O)O)CC2CC2C1. The minimum atomic E-state index is -2.96. The normalized spacial score (nSPS) is 37.1. The highest BCUT2D eigenvalue weighted by Gasteiger charge is 2.56. The van der Waals surface area contributed by atoms with E-state index >= 15 is 0 Å². The van der Waals surface area contributed by atoms with Crippen molar-refractivity contribution in [1.82, 2.24) is 0 Å². The van der Waals surface area contributed by atoms with Gasteiger partial charge >= 0.3 is 5.97 Å². The molecule has 0 aromatic carbocycles. The Bertz CT molecular complexity index is 388. The number of rotatable bonds is 5. The molecule has 2 fully saturated rings. The zero-order chi connectivity index (χ0) is 12.0.